The molecule has 0 saturated carbocycles. The van der Waals surface area contributed by atoms with E-state index < -0.39 is 12.0 Å². The number of nitrogens with one attached hydrogen (secondary N) is 2. The molecule has 2 rings (SSSR count). The van der Waals surface area contributed by atoms with Gasteiger partial charge >= 0.3 is 12.0 Å². The topological polar surface area (TPSA) is 102 Å². The van der Waals surface area contributed by atoms with E-state index in [1.807, 2.05) is 30.3 Å². The Bertz CT molecular complexity index is 586. The normalized spacial score (nSPS) is 14.1. The highest BCUT2D eigenvalue weighted by molar-refractivity contribution is 5.84. The fourth-order valence-corrected chi connectivity index (χ4v) is 2.62. The summed E-state index contributed by atoms with van der Waals surface area (Å²) in [6.07, 6.45) is 0.364. The first-order valence-corrected chi connectivity index (χ1v) is 8.37. The van der Waals surface area contributed by atoms with E-state index in [-0.39, 0.29) is 25.4 Å². The van der Waals surface area contributed by atoms with Crippen LogP contribution < -0.4 is 15.5 Å². The molecule has 25 heavy (non-hydrogen) atoms. The van der Waals surface area contributed by atoms with Crippen LogP contribution in [0.5, 0.6) is 0 Å². The molecule has 1 aromatic rings. The van der Waals surface area contributed by atoms with Gasteiger partial charge in [0.05, 0.1) is 6.54 Å². The molecular formula is C17H24N4O4. The van der Waals surface area contributed by atoms with E-state index in [9.17, 15) is 14.4 Å². The number of aliphatic carboxylic acids is 1. The Balaban J connectivity index is 1.63. The third-order valence-corrected chi connectivity index (χ3v) is 4.01. The molecule has 136 valence electrons. The molecule has 0 bridgehead atoms. The number of amides is 3. The number of carboxylic acid groups (broad SMARTS) is 1. The smallest absolute Gasteiger partial charge is 0.315 e. The summed E-state index contributed by atoms with van der Waals surface area (Å²) in [4.78, 5) is 38.1. The zero-order valence-electron chi connectivity index (χ0n) is 14.1. The van der Waals surface area contributed by atoms with Crippen molar-refractivity contribution in [2.45, 2.75) is 12.8 Å². The van der Waals surface area contributed by atoms with Crippen LogP contribution in [0.15, 0.2) is 30.3 Å². The standard InChI is InChI=1S/C17H24N4O4/c22-15(13-19-17(25)18-8-4-7-16(23)24)21-11-9-20(10-12-21)14-5-2-1-3-6-14/h1-3,5-6H,4,7-13H2,(H,23,24)(H2,18,19,25). The number of benzene rings is 1. The van der Waals surface area contributed by atoms with E-state index in [0.717, 1.165) is 18.8 Å². The summed E-state index contributed by atoms with van der Waals surface area (Å²) >= 11 is 0. The van der Waals surface area contributed by atoms with Gasteiger partial charge in [0.15, 0.2) is 0 Å². The monoisotopic (exact) mass is 348 g/mol. The van der Waals surface area contributed by atoms with Crippen LogP contribution in [-0.2, 0) is 9.59 Å². The lowest BCUT2D eigenvalue weighted by atomic mass is 10.2. The molecule has 0 radical (unpaired) electrons. The van der Waals surface area contributed by atoms with E-state index in [2.05, 4.69) is 15.5 Å². The lowest BCUT2D eigenvalue weighted by Gasteiger charge is -2.36. The number of anilines is 1. The molecule has 0 aliphatic carbocycles. The van der Waals surface area contributed by atoms with Crippen LogP contribution in [0, 0.1) is 0 Å². The second-order valence-electron chi connectivity index (χ2n) is 5.81. The van der Waals surface area contributed by atoms with E-state index in [0.29, 0.717) is 19.5 Å². The van der Waals surface area contributed by atoms with Gasteiger partial charge in [-0.05, 0) is 18.6 Å². The third-order valence-electron chi connectivity index (χ3n) is 4.01. The highest BCUT2D eigenvalue weighted by atomic mass is 16.4. The second-order valence-corrected chi connectivity index (χ2v) is 5.81. The van der Waals surface area contributed by atoms with Crippen molar-refractivity contribution in [1.29, 1.82) is 0 Å². The minimum atomic E-state index is -0.896. The predicted molar refractivity (Wildman–Crippen MR) is 93.5 cm³/mol. The van der Waals surface area contributed by atoms with Gasteiger partial charge in [0.25, 0.3) is 0 Å². The van der Waals surface area contributed by atoms with E-state index in [4.69, 9.17) is 5.11 Å². The lowest BCUT2D eigenvalue weighted by Crippen LogP contribution is -2.52. The first kappa shape index (κ1) is 18.6. The average molecular weight is 348 g/mol. The van der Waals surface area contributed by atoms with Gasteiger partial charge in [0, 0.05) is 44.8 Å². The Hall–Kier alpha value is -2.77. The number of hydrogen-bond donors (Lipinski definition) is 3. The van der Waals surface area contributed by atoms with Gasteiger partial charge in [-0.25, -0.2) is 4.79 Å². The van der Waals surface area contributed by atoms with Crippen molar-refractivity contribution in [3.63, 3.8) is 0 Å². The van der Waals surface area contributed by atoms with Crippen LogP contribution >= 0.6 is 0 Å². The molecule has 1 heterocycles. The average Bonchev–Trinajstić information content (AvgIpc) is 2.64. The van der Waals surface area contributed by atoms with E-state index in [1.54, 1.807) is 4.90 Å². The zero-order valence-corrected chi connectivity index (χ0v) is 14.1. The number of urea groups is 1. The van der Waals surface area contributed by atoms with Crippen LogP contribution in [-0.4, -0.2) is 67.2 Å². The number of hydrogen-bond acceptors (Lipinski definition) is 4. The largest absolute Gasteiger partial charge is 0.481 e. The van der Waals surface area contributed by atoms with Gasteiger partial charge in [-0.1, -0.05) is 18.2 Å². The summed E-state index contributed by atoms with van der Waals surface area (Å²) in [5.74, 6) is -1.01. The Morgan fingerprint density at radius 2 is 1.68 bits per heavy atom. The van der Waals surface area contributed by atoms with Gasteiger partial charge in [0.2, 0.25) is 5.91 Å². The fraction of sp³-hybridized carbons (Fsp3) is 0.471. The molecular weight excluding hydrogens is 324 g/mol. The first-order chi connectivity index (χ1) is 12.1. The van der Waals surface area contributed by atoms with E-state index >= 15 is 0 Å². The number of para-hydroxylation sites is 1. The maximum atomic E-state index is 12.2. The first-order valence-electron chi connectivity index (χ1n) is 8.37. The van der Waals surface area contributed by atoms with Crippen LogP contribution in [0.1, 0.15) is 12.8 Å². The number of piperazine rings is 1. The lowest BCUT2D eigenvalue weighted by molar-refractivity contribution is -0.137. The maximum absolute atomic E-state index is 12.2. The summed E-state index contributed by atoms with van der Waals surface area (Å²) < 4.78 is 0. The molecule has 3 N–H and O–H groups in total. The van der Waals surface area contributed by atoms with Gasteiger partial charge < -0.3 is 25.5 Å². The van der Waals surface area contributed by atoms with Crippen LogP contribution in [0.2, 0.25) is 0 Å². The molecule has 0 unspecified atom stereocenters. The molecule has 1 aliphatic heterocycles. The summed E-state index contributed by atoms with van der Waals surface area (Å²) in [5, 5.41) is 13.5. The molecule has 1 saturated heterocycles. The summed E-state index contributed by atoms with van der Waals surface area (Å²) in [6.45, 7) is 2.97. The van der Waals surface area contributed by atoms with Crippen molar-refractivity contribution < 1.29 is 19.5 Å². The number of nitrogens with zero attached hydrogens (tertiary/aromatic N) is 2. The van der Waals surface area contributed by atoms with Crippen molar-refractivity contribution >= 4 is 23.6 Å². The van der Waals surface area contributed by atoms with Gasteiger partial charge in [-0.15, -0.1) is 0 Å². The zero-order chi connectivity index (χ0) is 18.1. The Labute approximate surface area is 146 Å². The van der Waals surface area contributed by atoms with Crippen molar-refractivity contribution in [3.05, 3.63) is 30.3 Å². The number of rotatable bonds is 7. The summed E-state index contributed by atoms with van der Waals surface area (Å²) in [5.41, 5.74) is 1.15. The SMILES string of the molecule is O=C(O)CCCNC(=O)NCC(=O)N1CCN(c2ccccc2)CC1. The van der Waals surface area contributed by atoms with Crippen molar-refractivity contribution in [1.82, 2.24) is 15.5 Å². The van der Waals surface area contributed by atoms with Crippen LogP contribution in [0.25, 0.3) is 0 Å². The van der Waals surface area contributed by atoms with E-state index in [1.165, 1.54) is 0 Å². The minimum absolute atomic E-state index is 0.00486. The van der Waals surface area contributed by atoms with Crippen LogP contribution in [0.4, 0.5) is 10.5 Å². The summed E-state index contributed by atoms with van der Waals surface area (Å²) in [7, 11) is 0. The molecule has 0 atom stereocenters. The fourth-order valence-electron chi connectivity index (χ4n) is 2.62. The third kappa shape index (κ3) is 6.33. The van der Waals surface area contributed by atoms with Gasteiger partial charge in [-0.2, -0.15) is 0 Å². The highest BCUT2D eigenvalue weighted by Gasteiger charge is 2.21. The molecule has 3 amide bonds. The van der Waals surface area contributed by atoms with Gasteiger partial charge in [0.1, 0.15) is 0 Å². The second kappa shape index (κ2) is 9.51. The highest BCUT2D eigenvalue weighted by Crippen LogP contribution is 2.15. The number of carbonyl (C=O) groups is 3. The molecule has 1 fully saturated rings. The predicted octanol–water partition coefficient (Wildman–Crippen LogP) is 0.499. The minimum Gasteiger partial charge on any atom is -0.481 e. The Kier molecular flexibility index (Phi) is 7.06. The quantitative estimate of drug-likeness (QED) is 0.623. The van der Waals surface area contributed by atoms with Gasteiger partial charge in [-0.3, -0.25) is 9.59 Å². The maximum Gasteiger partial charge on any atom is 0.315 e. The Morgan fingerprint density at radius 3 is 2.32 bits per heavy atom. The molecule has 8 heteroatoms. The molecule has 1 aromatic carbocycles. The van der Waals surface area contributed by atoms with Crippen molar-refractivity contribution in [3.8, 4) is 0 Å². The molecule has 0 aromatic heterocycles. The molecule has 0 spiro atoms. The van der Waals surface area contributed by atoms with Crippen molar-refractivity contribution in [2.24, 2.45) is 0 Å². The van der Waals surface area contributed by atoms with Crippen molar-refractivity contribution in [2.75, 3.05) is 44.2 Å². The molecule has 8 nitrogen and oxygen atoms in total. The molecule has 1 aliphatic rings. The summed E-state index contributed by atoms with van der Waals surface area (Å²) in [6, 6.07) is 9.60. The Morgan fingerprint density at radius 1 is 1.00 bits per heavy atom. The van der Waals surface area contributed by atoms with Crippen LogP contribution in [0.3, 0.4) is 0 Å². The number of carbonyl (C=O) groups excluding carboxylic acids is 2. The number of carboxylic acids is 1.